The quantitative estimate of drug-likeness (QED) is 0.343. The zero-order valence-corrected chi connectivity index (χ0v) is 20.4. The van der Waals surface area contributed by atoms with Crippen molar-refractivity contribution in [1.29, 1.82) is 0 Å². The van der Waals surface area contributed by atoms with Crippen LogP contribution in [0, 0.1) is 10.2 Å². The molecule has 0 aliphatic rings. The Morgan fingerprint density at radius 3 is 1.94 bits per heavy atom. The molecule has 0 saturated carbocycles. The molecule has 1 heterocycles. The third-order valence-corrected chi connectivity index (χ3v) is 5.72. The molecule has 0 saturated heterocycles. The smallest absolute Gasteiger partial charge is 0.203 e. The van der Waals surface area contributed by atoms with Crippen LogP contribution in [0.5, 0.6) is 17.2 Å². The van der Waals surface area contributed by atoms with Gasteiger partial charge in [0, 0.05) is 21.7 Å². The molecule has 0 radical (unpaired) electrons. The van der Waals surface area contributed by atoms with E-state index in [2.05, 4.69) is 24.3 Å². The van der Waals surface area contributed by atoms with Crippen LogP contribution in [0.1, 0.15) is 0 Å². The standard InChI is InChI=1S/C26H22N2O3.ClHO4/c1-29-21-13-12-18(24(30-2)25(21)31-3)20-14-15-8-4-5-9-16(15)23-22(20)17-10-6-7-11-19(17)26(27)28-23;2-1(3,4)5/h4-14H,1-3H3,(H2,27,28);(H,2,3,4,5). The third kappa shape index (κ3) is 4.78. The van der Waals surface area contributed by atoms with Gasteiger partial charge < -0.3 is 19.9 Å². The van der Waals surface area contributed by atoms with Crippen LogP contribution in [0.25, 0.3) is 43.6 Å². The maximum absolute atomic E-state index is 8.60. The van der Waals surface area contributed by atoms with E-state index in [0.29, 0.717) is 23.1 Å². The summed E-state index contributed by atoms with van der Waals surface area (Å²) < 4.78 is 49.7. The molecule has 0 atom stereocenters. The lowest BCUT2D eigenvalue weighted by Crippen LogP contribution is -2.58. The third-order valence-electron chi connectivity index (χ3n) is 5.72. The molecular formula is C26H23ClN2O7. The highest BCUT2D eigenvalue weighted by Gasteiger charge is 2.21. The highest BCUT2D eigenvalue weighted by Crippen LogP contribution is 2.48. The number of nitrogen functional groups attached to an aromatic ring is 1. The van der Waals surface area contributed by atoms with E-state index >= 15 is 0 Å². The Kier molecular flexibility index (Phi) is 7.02. The number of rotatable bonds is 4. The largest absolute Gasteiger partial charge is 0.493 e. The van der Waals surface area contributed by atoms with Gasteiger partial charge in [-0.25, -0.2) is 4.98 Å². The summed E-state index contributed by atoms with van der Waals surface area (Å²) in [4.78, 5) is 4.83. The average molecular weight is 511 g/mol. The Balaban J connectivity index is 0.000000556. The summed E-state index contributed by atoms with van der Waals surface area (Å²) >= 11 is 0. The van der Waals surface area contributed by atoms with Crippen molar-refractivity contribution < 1.29 is 43.1 Å². The molecule has 36 heavy (non-hydrogen) atoms. The van der Waals surface area contributed by atoms with E-state index in [0.717, 1.165) is 43.6 Å². The van der Waals surface area contributed by atoms with E-state index in [1.54, 1.807) is 21.3 Å². The fraction of sp³-hybridized carbons (Fsp3) is 0.115. The molecule has 10 heteroatoms. The van der Waals surface area contributed by atoms with Crippen LogP contribution >= 0.6 is 0 Å². The van der Waals surface area contributed by atoms with Gasteiger partial charge in [-0.3, -0.25) is 0 Å². The molecule has 0 unspecified atom stereocenters. The Morgan fingerprint density at radius 2 is 1.33 bits per heavy atom. The normalized spacial score (nSPS) is 11.3. The van der Waals surface area contributed by atoms with Gasteiger partial charge in [-0.1, -0.05) is 48.5 Å². The van der Waals surface area contributed by atoms with Crippen LogP contribution in [0.2, 0.25) is 0 Å². The first-order valence-electron chi connectivity index (χ1n) is 10.6. The molecule has 1 aromatic heterocycles. The van der Waals surface area contributed by atoms with Gasteiger partial charge in [0.2, 0.25) is 5.75 Å². The molecule has 0 bridgehead atoms. The maximum Gasteiger partial charge on any atom is 0.203 e. The topological polar surface area (TPSA) is 156 Å². The van der Waals surface area contributed by atoms with Crippen LogP contribution in [0.4, 0.5) is 5.82 Å². The summed E-state index contributed by atoms with van der Waals surface area (Å²) in [6.45, 7) is 0. The van der Waals surface area contributed by atoms with Crippen molar-refractivity contribution in [1.82, 2.24) is 4.98 Å². The van der Waals surface area contributed by atoms with Crippen LogP contribution in [0.15, 0.2) is 66.7 Å². The van der Waals surface area contributed by atoms with Crippen molar-refractivity contribution in [2.75, 3.05) is 27.1 Å². The predicted molar refractivity (Wildman–Crippen MR) is 128 cm³/mol. The zero-order valence-electron chi connectivity index (χ0n) is 19.7. The number of nitrogens with two attached hydrogens (primary N) is 1. The summed E-state index contributed by atoms with van der Waals surface area (Å²) in [5.41, 5.74) is 9.12. The summed E-state index contributed by atoms with van der Waals surface area (Å²) in [5.74, 6) is 2.29. The minimum absolute atomic E-state index is 0.518. The van der Waals surface area contributed by atoms with Gasteiger partial charge in [0.05, 0.1) is 41.7 Å². The number of hydrogen-bond acceptors (Lipinski definition) is 9. The van der Waals surface area contributed by atoms with Crippen molar-refractivity contribution >= 4 is 38.3 Å². The maximum atomic E-state index is 8.60. The van der Waals surface area contributed by atoms with Crippen molar-refractivity contribution in [2.45, 2.75) is 0 Å². The van der Waals surface area contributed by atoms with Crippen LogP contribution in [0.3, 0.4) is 0 Å². The molecule has 0 fully saturated rings. The highest BCUT2D eigenvalue weighted by atomic mass is 35.7. The molecule has 4 aromatic carbocycles. The van der Waals surface area contributed by atoms with E-state index in [1.165, 1.54) is 0 Å². The van der Waals surface area contributed by atoms with Crippen LogP contribution in [-0.4, -0.2) is 31.0 Å². The second-order valence-corrected chi connectivity index (χ2v) is 8.48. The Hall–Kier alpha value is -3.86. The van der Waals surface area contributed by atoms with E-state index in [1.807, 2.05) is 42.5 Å². The van der Waals surface area contributed by atoms with Crippen molar-refractivity contribution in [3.63, 3.8) is 0 Å². The first-order chi connectivity index (χ1) is 17.2. The van der Waals surface area contributed by atoms with Crippen molar-refractivity contribution in [3.05, 3.63) is 66.7 Å². The number of hydrogen-bond donors (Lipinski definition) is 2. The van der Waals surface area contributed by atoms with E-state index in [-0.39, 0.29) is 0 Å². The number of fused-ring (bicyclic) bond motifs is 5. The van der Waals surface area contributed by atoms with E-state index < -0.39 is 10.2 Å². The van der Waals surface area contributed by atoms with Crippen molar-refractivity contribution in [3.8, 4) is 28.4 Å². The molecule has 5 aromatic rings. The number of ether oxygens (including phenoxy) is 3. The monoisotopic (exact) mass is 510 g/mol. The number of anilines is 1. The minimum Gasteiger partial charge on any atom is -0.493 e. The second kappa shape index (κ2) is 10.0. The summed E-state index contributed by atoms with van der Waals surface area (Å²) in [5, 5.41) is 5.12. The molecule has 0 aliphatic carbocycles. The molecule has 0 aliphatic heterocycles. The first-order valence-corrected chi connectivity index (χ1v) is 11.9. The van der Waals surface area contributed by atoms with Gasteiger partial charge in [-0.2, -0.15) is 14.0 Å². The fourth-order valence-corrected chi connectivity index (χ4v) is 4.35. The van der Waals surface area contributed by atoms with E-state index in [4.69, 9.17) is 43.6 Å². The number of aromatic nitrogens is 1. The Labute approximate surface area is 208 Å². The molecule has 0 amide bonds. The van der Waals surface area contributed by atoms with Gasteiger partial charge in [0.15, 0.2) is 11.5 Å². The first kappa shape index (κ1) is 25.2. The number of nitrogens with zero attached hydrogens (tertiary/aromatic N) is 1. The molecule has 5 rings (SSSR count). The molecule has 9 nitrogen and oxygen atoms in total. The van der Waals surface area contributed by atoms with Crippen LogP contribution < -0.4 is 33.9 Å². The molecule has 0 spiro atoms. The van der Waals surface area contributed by atoms with E-state index in [9.17, 15) is 0 Å². The molecular weight excluding hydrogens is 488 g/mol. The lowest BCUT2D eigenvalue weighted by molar-refractivity contribution is -1.92. The lowest BCUT2D eigenvalue weighted by Gasteiger charge is -2.19. The Morgan fingerprint density at radius 1 is 0.750 bits per heavy atom. The molecule has 186 valence electrons. The fourth-order valence-electron chi connectivity index (χ4n) is 4.35. The minimum atomic E-state index is -4.69. The Bertz CT molecular complexity index is 1560. The lowest BCUT2D eigenvalue weighted by atomic mass is 9.92. The summed E-state index contributed by atoms with van der Waals surface area (Å²) in [7, 11) is 0.168. The van der Waals surface area contributed by atoms with Gasteiger partial charge in [0.1, 0.15) is 5.82 Å². The average Bonchev–Trinajstić information content (AvgIpc) is 2.86. The zero-order chi connectivity index (χ0) is 26.0. The number of halogens is 1. The van der Waals surface area contributed by atoms with Gasteiger partial charge in [-0.05, 0) is 34.5 Å². The summed E-state index contributed by atoms with van der Waals surface area (Å²) in [6.07, 6.45) is 0. The second-order valence-electron chi connectivity index (χ2n) is 7.69. The molecule has 3 N–H and O–H groups in total. The van der Waals surface area contributed by atoms with Crippen LogP contribution in [-0.2, 0) is 0 Å². The number of pyridine rings is 1. The highest BCUT2D eigenvalue weighted by molar-refractivity contribution is 6.23. The van der Waals surface area contributed by atoms with Gasteiger partial charge >= 0.3 is 0 Å². The predicted octanol–water partition coefficient (Wildman–Crippen LogP) is 1.69. The van der Waals surface area contributed by atoms with Gasteiger partial charge in [-0.15, -0.1) is 0 Å². The SMILES string of the molecule is COc1ccc(-c2cc3ccccc3c3nc(N)c4ccccc4c23)c(OC)c1OC.[O-][Cl+3]([O-])([O-])O. The van der Waals surface area contributed by atoms with Crippen molar-refractivity contribution in [2.24, 2.45) is 0 Å². The number of benzene rings is 4. The van der Waals surface area contributed by atoms with Gasteiger partial charge in [0.25, 0.3) is 0 Å². The number of methoxy groups -OCH3 is 3. The summed E-state index contributed by atoms with van der Waals surface area (Å²) in [6, 6.07) is 22.3.